The second-order valence-electron chi connectivity index (χ2n) is 5.42. The van der Waals surface area contributed by atoms with Gasteiger partial charge in [0.2, 0.25) is 0 Å². The summed E-state index contributed by atoms with van der Waals surface area (Å²) >= 11 is 0. The number of aromatic nitrogens is 1. The molecule has 0 bridgehead atoms. The summed E-state index contributed by atoms with van der Waals surface area (Å²) in [4.78, 5) is 29.0. The first kappa shape index (κ1) is 14.5. The van der Waals surface area contributed by atoms with Gasteiger partial charge in [0, 0.05) is 23.5 Å². The number of amides is 2. The number of hydrogen-bond acceptors (Lipinski definition) is 3. The van der Waals surface area contributed by atoms with Crippen LogP contribution in [0.1, 0.15) is 19.0 Å². The Morgan fingerprint density at radius 1 is 1.23 bits per heavy atom. The summed E-state index contributed by atoms with van der Waals surface area (Å²) < 4.78 is 2.05. The van der Waals surface area contributed by atoms with Crippen LogP contribution in [0.5, 0.6) is 0 Å². The van der Waals surface area contributed by atoms with Crippen molar-refractivity contribution >= 4 is 11.8 Å². The molecule has 1 aliphatic rings. The summed E-state index contributed by atoms with van der Waals surface area (Å²) in [7, 11) is 0. The van der Waals surface area contributed by atoms with Gasteiger partial charge in [-0.05, 0) is 30.7 Å². The highest BCUT2D eigenvalue weighted by molar-refractivity contribution is 5.95. The van der Waals surface area contributed by atoms with Crippen LogP contribution < -0.4 is 0 Å². The summed E-state index contributed by atoms with van der Waals surface area (Å²) in [6.45, 7) is 2.11. The highest BCUT2D eigenvalue weighted by Crippen LogP contribution is 2.19. The van der Waals surface area contributed by atoms with Gasteiger partial charge in [0.25, 0.3) is 11.8 Å². The number of carbonyl (C=O) groups excluding carboxylic acids is 2. The molecule has 0 aliphatic carbocycles. The fraction of sp³-hybridized carbons (Fsp3) is 0.294. The Hall–Kier alpha value is -2.40. The summed E-state index contributed by atoms with van der Waals surface area (Å²) in [5.74, 6) is -0.849. The van der Waals surface area contributed by atoms with Crippen LogP contribution in [-0.2, 0) is 20.8 Å². The molecule has 5 nitrogen and oxygen atoms in total. The molecular formula is C17H18N2O3. The third-order valence-electron chi connectivity index (χ3n) is 3.77. The quantitative estimate of drug-likeness (QED) is 0.870. The van der Waals surface area contributed by atoms with Gasteiger partial charge < -0.3 is 4.57 Å². The number of imide groups is 1. The van der Waals surface area contributed by atoms with E-state index in [4.69, 9.17) is 4.84 Å². The number of hydrogen-bond donors (Lipinski definition) is 0. The Bertz CT molecular complexity index is 678. The maximum atomic E-state index is 12.3. The van der Waals surface area contributed by atoms with Gasteiger partial charge in [0.1, 0.15) is 0 Å². The molecule has 1 aliphatic heterocycles. The Morgan fingerprint density at radius 2 is 2.00 bits per heavy atom. The minimum Gasteiger partial charge on any atom is -0.321 e. The molecule has 22 heavy (non-hydrogen) atoms. The van der Waals surface area contributed by atoms with Crippen molar-refractivity contribution < 1.29 is 14.4 Å². The van der Waals surface area contributed by atoms with Crippen LogP contribution in [0.15, 0.2) is 48.7 Å². The molecule has 0 radical (unpaired) electrons. The van der Waals surface area contributed by atoms with E-state index in [0.717, 1.165) is 16.4 Å². The molecule has 1 aromatic carbocycles. The molecule has 114 valence electrons. The van der Waals surface area contributed by atoms with Gasteiger partial charge in [-0.2, -0.15) is 5.06 Å². The Morgan fingerprint density at radius 3 is 2.68 bits per heavy atom. The number of rotatable bonds is 4. The molecule has 3 rings (SSSR count). The Kier molecular flexibility index (Phi) is 4.06. The lowest BCUT2D eigenvalue weighted by molar-refractivity contribution is -0.181. The van der Waals surface area contributed by atoms with Crippen LogP contribution in [0.3, 0.4) is 0 Å². The third kappa shape index (κ3) is 2.80. The van der Waals surface area contributed by atoms with Crippen molar-refractivity contribution in [2.24, 2.45) is 5.92 Å². The van der Waals surface area contributed by atoms with Crippen molar-refractivity contribution in [3.8, 4) is 5.69 Å². The highest BCUT2D eigenvalue weighted by atomic mass is 16.7. The normalized spacial score (nSPS) is 16.0. The second-order valence-corrected chi connectivity index (χ2v) is 5.42. The SMILES string of the molecule is C[C@H](Cc1cccn1-c1ccccc1)C(=O)N1OCCC1=O. The van der Waals surface area contributed by atoms with Crippen molar-refractivity contribution in [1.29, 1.82) is 0 Å². The van der Waals surface area contributed by atoms with Gasteiger partial charge in [0.15, 0.2) is 0 Å². The van der Waals surface area contributed by atoms with Crippen molar-refractivity contribution in [2.75, 3.05) is 6.61 Å². The smallest absolute Gasteiger partial charge is 0.256 e. The first-order chi connectivity index (χ1) is 10.7. The monoisotopic (exact) mass is 298 g/mol. The van der Waals surface area contributed by atoms with Crippen LogP contribution in [0.25, 0.3) is 5.69 Å². The molecule has 0 spiro atoms. The van der Waals surface area contributed by atoms with Crippen molar-refractivity contribution in [2.45, 2.75) is 19.8 Å². The summed E-state index contributed by atoms with van der Waals surface area (Å²) in [5.41, 5.74) is 2.08. The van der Waals surface area contributed by atoms with Gasteiger partial charge in [0.05, 0.1) is 13.0 Å². The van der Waals surface area contributed by atoms with Crippen molar-refractivity contribution in [1.82, 2.24) is 9.63 Å². The molecule has 1 aromatic heterocycles. The Labute approximate surface area is 129 Å². The second kappa shape index (κ2) is 6.15. The van der Waals surface area contributed by atoms with Crippen LogP contribution in [-0.4, -0.2) is 28.1 Å². The standard InChI is InChI=1S/C17H18N2O3/c1-13(17(21)19-16(20)9-11-22-19)12-15-8-5-10-18(15)14-6-3-2-4-7-14/h2-8,10,13H,9,11-12H2,1H3/t13-/m1/s1. The first-order valence-corrected chi connectivity index (χ1v) is 7.38. The first-order valence-electron chi connectivity index (χ1n) is 7.38. The molecule has 0 unspecified atom stereocenters. The number of para-hydroxylation sites is 1. The zero-order chi connectivity index (χ0) is 15.5. The van der Waals surface area contributed by atoms with Crippen molar-refractivity contribution in [3.05, 3.63) is 54.4 Å². The van der Waals surface area contributed by atoms with Crippen molar-refractivity contribution in [3.63, 3.8) is 0 Å². The molecule has 1 saturated heterocycles. The average Bonchev–Trinajstić information content (AvgIpc) is 3.16. The predicted molar refractivity (Wildman–Crippen MR) is 81.1 cm³/mol. The van der Waals surface area contributed by atoms with E-state index in [2.05, 4.69) is 4.57 Å². The number of carbonyl (C=O) groups is 2. The summed E-state index contributed by atoms with van der Waals surface area (Å²) in [5, 5.41) is 0.917. The fourth-order valence-electron chi connectivity index (χ4n) is 2.61. The molecule has 1 fully saturated rings. The van der Waals surface area contributed by atoms with E-state index < -0.39 is 0 Å². The molecule has 0 N–H and O–H groups in total. The summed E-state index contributed by atoms with van der Waals surface area (Å²) in [6, 6.07) is 13.9. The largest absolute Gasteiger partial charge is 0.321 e. The maximum Gasteiger partial charge on any atom is 0.256 e. The van der Waals surface area contributed by atoms with Gasteiger partial charge in [-0.3, -0.25) is 14.4 Å². The van der Waals surface area contributed by atoms with Gasteiger partial charge in [-0.15, -0.1) is 0 Å². The molecule has 2 heterocycles. The molecular weight excluding hydrogens is 280 g/mol. The molecule has 2 amide bonds. The summed E-state index contributed by atoms with van der Waals surface area (Å²) in [6.07, 6.45) is 2.80. The minimum absolute atomic E-state index is 0.254. The lowest BCUT2D eigenvalue weighted by Gasteiger charge is -2.18. The number of nitrogens with zero attached hydrogens (tertiary/aromatic N) is 2. The molecule has 1 atom stereocenters. The zero-order valence-electron chi connectivity index (χ0n) is 12.4. The third-order valence-corrected chi connectivity index (χ3v) is 3.77. The fourth-order valence-corrected chi connectivity index (χ4v) is 2.61. The lowest BCUT2D eigenvalue weighted by atomic mass is 10.0. The van der Waals surface area contributed by atoms with Crippen LogP contribution in [0.2, 0.25) is 0 Å². The molecule has 5 heteroatoms. The van der Waals surface area contributed by atoms with Crippen LogP contribution in [0, 0.1) is 5.92 Å². The molecule has 0 saturated carbocycles. The van der Waals surface area contributed by atoms with E-state index in [0.29, 0.717) is 6.42 Å². The highest BCUT2D eigenvalue weighted by Gasteiger charge is 2.31. The number of hydroxylamine groups is 2. The van der Waals surface area contributed by atoms with Crippen LogP contribution in [0.4, 0.5) is 0 Å². The lowest BCUT2D eigenvalue weighted by Crippen LogP contribution is -2.36. The van der Waals surface area contributed by atoms with Gasteiger partial charge >= 0.3 is 0 Å². The predicted octanol–water partition coefficient (Wildman–Crippen LogP) is 2.35. The van der Waals surface area contributed by atoms with Gasteiger partial charge in [-0.1, -0.05) is 25.1 Å². The van der Waals surface area contributed by atoms with Crippen LogP contribution >= 0.6 is 0 Å². The topological polar surface area (TPSA) is 51.5 Å². The average molecular weight is 298 g/mol. The van der Waals surface area contributed by atoms with E-state index in [1.54, 1.807) is 0 Å². The van der Waals surface area contributed by atoms with Gasteiger partial charge in [-0.25, -0.2) is 0 Å². The van der Waals surface area contributed by atoms with E-state index in [1.165, 1.54) is 0 Å². The zero-order valence-corrected chi connectivity index (χ0v) is 12.4. The molecule has 2 aromatic rings. The van der Waals surface area contributed by atoms with E-state index in [9.17, 15) is 9.59 Å². The maximum absolute atomic E-state index is 12.3. The number of benzene rings is 1. The Balaban J connectivity index is 1.75. The van der Waals surface area contributed by atoms with E-state index in [1.807, 2.05) is 55.6 Å². The van der Waals surface area contributed by atoms with E-state index >= 15 is 0 Å². The van der Waals surface area contributed by atoms with E-state index in [-0.39, 0.29) is 30.8 Å². The minimum atomic E-state index is -0.320.